The van der Waals surface area contributed by atoms with Gasteiger partial charge in [-0.1, -0.05) is 331 Å². The van der Waals surface area contributed by atoms with Gasteiger partial charge in [-0.3, -0.25) is 37.3 Å². The number of unbranched alkanes of at least 4 members (excludes halogenated alkanes) is 41. The number of hydrogen-bond donors (Lipinski definition) is 3. The first-order valence-electron chi connectivity index (χ1n) is 38.8. The van der Waals surface area contributed by atoms with Gasteiger partial charge in [-0.25, -0.2) is 9.13 Å². The largest absolute Gasteiger partial charge is 0.472 e. The molecule has 0 heterocycles. The monoisotopic (exact) mass is 1380 g/mol. The summed E-state index contributed by atoms with van der Waals surface area (Å²) in [5, 5.41) is 10.6. The van der Waals surface area contributed by atoms with Crippen molar-refractivity contribution < 1.29 is 80.2 Å². The molecule has 0 aliphatic heterocycles. The van der Waals surface area contributed by atoms with E-state index in [0.29, 0.717) is 25.7 Å². The van der Waals surface area contributed by atoms with Crippen LogP contribution >= 0.6 is 15.6 Å². The fourth-order valence-electron chi connectivity index (χ4n) is 11.4. The summed E-state index contributed by atoms with van der Waals surface area (Å²) in [7, 11) is -9.90. The number of esters is 4. The molecular weight excluding hydrogens is 1230 g/mol. The molecule has 0 bridgehead atoms. The average Bonchev–Trinajstić information content (AvgIpc) is 3.48. The maximum absolute atomic E-state index is 13.1. The third-order valence-corrected chi connectivity index (χ3v) is 19.3. The standard InChI is InChI=1S/C75H146O17P2/c1-8-9-10-39-49-56-72(77)85-62-70(91-74(79)58-52-45-38-32-26-20-14-17-23-29-35-42-48-55-68(6)7)64-89-93(81,82)87-60-69(76)61-88-94(83,84)90-65-71(63-86-73(78)57-50-43-36-30-24-19-13-16-22-28-34-41-47-54-67(4)5)92-75(80)59-51-44-37-31-25-18-12-11-15-21-27-33-40-46-53-66(2)3/h66-71,76H,8-65H2,1-7H3,(H,81,82)(H,83,84)/t69-,70+,71+/m0/s1. The lowest BCUT2D eigenvalue weighted by molar-refractivity contribution is -0.161. The zero-order chi connectivity index (χ0) is 69.4. The van der Waals surface area contributed by atoms with Crippen LogP contribution in [0.3, 0.4) is 0 Å². The maximum atomic E-state index is 13.1. The number of phosphoric acid groups is 2. The van der Waals surface area contributed by atoms with Crippen LogP contribution in [-0.2, 0) is 65.4 Å². The molecule has 0 aromatic rings. The number of aliphatic hydroxyl groups is 1. The molecule has 558 valence electrons. The molecule has 0 fully saturated rings. The summed E-state index contributed by atoms with van der Waals surface area (Å²) in [5.41, 5.74) is 0. The molecule has 0 saturated heterocycles. The Kier molecular flexibility index (Phi) is 64.3. The molecule has 0 radical (unpaired) electrons. The third kappa shape index (κ3) is 68.6. The van der Waals surface area contributed by atoms with Crippen LogP contribution < -0.4 is 0 Å². The Morgan fingerprint density at radius 2 is 0.489 bits per heavy atom. The lowest BCUT2D eigenvalue weighted by Crippen LogP contribution is -2.30. The van der Waals surface area contributed by atoms with Gasteiger partial charge in [-0.05, 0) is 43.4 Å². The molecule has 0 aromatic heterocycles. The molecule has 3 N–H and O–H groups in total. The van der Waals surface area contributed by atoms with Crippen molar-refractivity contribution in [2.45, 2.75) is 401 Å². The number of rotatable bonds is 73. The Labute approximate surface area is 575 Å². The van der Waals surface area contributed by atoms with Gasteiger partial charge in [0.25, 0.3) is 0 Å². The highest BCUT2D eigenvalue weighted by Crippen LogP contribution is 2.45. The molecular formula is C75H146O17P2. The number of phosphoric ester groups is 2. The van der Waals surface area contributed by atoms with Gasteiger partial charge in [-0.15, -0.1) is 0 Å². The predicted octanol–water partition coefficient (Wildman–Crippen LogP) is 21.8. The van der Waals surface area contributed by atoms with Crippen molar-refractivity contribution in [3.63, 3.8) is 0 Å². The van der Waals surface area contributed by atoms with Crippen molar-refractivity contribution in [3.05, 3.63) is 0 Å². The van der Waals surface area contributed by atoms with Crippen LogP contribution in [0.5, 0.6) is 0 Å². The van der Waals surface area contributed by atoms with Gasteiger partial charge in [0.15, 0.2) is 12.2 Å². The zero-order valence-corrected chi connectivity index (χ0v) is 63.2. The van der Waals surface area contributed by atoms with Crippen molar-refractivity contribution in [2.75, 3.05) is 39.6 Å². The van der Waals surface area contributed by atoms with Crippen LogP contribution in [0, 0.1) is 17.8 Å². The van der Waals surface area contributed by atoms with Crippen molar-refractivity contribution in [2.24, 2.45) is 17.8 Å². The van der Waals surface area contributed by atoms with Crippen LogP contribution in [0.4, 0.5) is 0 Å². The van der Waals surface area contributed by atoms with E-state index >= 15 is 0 Å². The Hall–Kier alpha value is -1.94. The Balaban J connectivity index is 5.14. The van der Waals surface area contributed by atoms with Crippen molar-refractivity contribution in [1.82, 2.24) is 0 Å². The van der Waals surface area contributed by atoms with E-state index in [1.54, 1.807) is 0 Å². The molecule has 0 saturated carbocycles. The number of ether oxygens (including phenoxy) is 4. The maximum Gasteiger partial charge on any atom is 0.472 e. The first-order chi connectivity index (χ1) is 45.2. The Bertz CT molecular complexity index is 1840. The average molecular weight is 1380 g/mol. The summed E-state index contributed by atoms with van der Waals surface area (Å²) < 4.78 is 68.3. The fraction of sp³-hybridized carbons (Fsp3) is 0.947. The summed E-state index contributed by atoms with van der Waals surface area (Å²) >= 11 is 0. The molecule has 0 aliphatic carbocycles. The second kappa shape index (κ2) is 65.7. The minimum atomic E-state index is -4.95. The Morgan fingerprint density at radius 1 is 0.287 bits per heavy atom. The van der Waals surface area contributed by atoms with Crippen LogP contribution in [0.1, 0.15) is 382 Å². The second-order valence-electron chi connectivity index (χ2n) is 28.5. The van der Waals surface area contributed by atoms with Gasteiger partial charge in [0.1, 0.15) is 19.3 Å². The lowest BCUT2D eigenvalue weighted by atomic mass is 10.0. The van der Waals surface area contributed by atoms with Crippen LogP contribution in [-0.4, -0.2) is 96.7 Å². The predicted molar refractivity (Wildman–Crippen MR) is 381 cm³/mol. The van der Waals surface area contributed by atoms with Crippen LogP contribution in [0.25, 0.3) is 0 Å². The molecule has 0 aliphatic rings. The summed E-state index contributed by atoms with van der Waals surface area (Å²) in [6.07, 6.45) is 51.7. The van der Waals surface area contributed by atoms with E-state index in [0.717, 1.165) is 114 Å². The van der Waals surface area contributed by atoms with E-state index in [1.165, 1.54) is 186 Å². The number of carbonyl (C=O) groups excluding carboxylic acids is 4. The topological polar surface area (TPSA) is 237 Å². The van der Waals surface area contributed by atoms with Gasteiger partial charge in [0.2, 0.25) is 0 Å². The zero-order valence-electron chi connectivity index (χ0n) is 61.4. The van der Waals surface area contributed by atoms with E-state index in [9.17, 15) is 43.2 Å². The quantitative estimate of drug-likeness (QED) is 0.0222. The molecule has 2 unspecified atom stereocenters. The molecule has 0 amide bonds. The van der Waals surface area contributed by atoms with Crippen molar-refractivity contribution >= 4 is 39.5 Å². The van der Waals surface area contributed by atoms with E-state index in [1.807, 2.05) is 0 Å². The molecule has 0 aromatic carbocycles. The highest BCUT2D eigenvalue weighted by molar-refractivity contribution is 7.47. The molecule has 17 nitrogen and oxygen atoms in total. The SMILES string of the molecule is CCCCCCCC(=O)OC[C@H](COP(=O)(O)OC[C@H](O)COP(=O)(O)OC[C@@H](COC(=O)CCCCCCCCCCCCCCCC(C)C)OC(=O)CCCCCCCCCCCCCCCCC(C)C)OC(=O)CCCCCCCCCCCCCCCC(C)C. The normalized spacial score (nSPS) is 14.1. The summed E-state index contributed by atoms with van der Waals surface area (Å²) in [5.74, 6) is 0.244. The number of hydrogen-bond acceptors (Lipinski definition) is 15. The minimum absolute atomic E-state index is 0.106. The van der Waals surface area contributed by atoms with Crippen LogP contribution in [0.2, 0.25) is 0 Å². The minimum Gasteiger partial charge on any atom is -0.462 e. The van der Waals surface area contributed by atoms with Gasteiger partial charge in [-0.2, -0.15) is 0 Å². The first-order valence-corrected chi connectivity index (χ1v) is 41.8. The molecule has 19 heteroatoms. The summed E-state index contributed by atoms with van der Waals surface area (Å²) in [4.78, 5) is 72.5. The van der Waals surface area contributed by atoms with E-state index in [4.69, 9.17) is 37.0 Å². The summed E-state index contributed by atoms with van der Waals surface area (Å²) in [6, 6.07) is 0. The van der Waals surface area contributed by atoms with Gasteiger partial charge < -0.3 is 33.8 Å². The highest BCUT2D eigenvalue weighted by Gasteiger charge is 2.30. The summed E-state index contributed by atoms with van der Waals surface area (Å²) in [6.45, 7) is 11.9. The molecule has 0 rings (SSSR count). The first kappa shape index (κ1) is 92.1. The fourth-order valence-corrected chi connectivity index (χ4v) is 13.0. The van der Waals surface area contributed by atoms with E-state index < -0.39 is 97.5 Å². The van der Waals surface area contributed by atoms with Crippen molar-refractivity contribution in [3.8, 4) is 0 Å². The van der Waals surface area contributed by atoms with Crippen molar-refractivity contribution in [1.29, 1.82) is 0 Å². The van der Waals surface area contributed by atoms with E-state index in [-0.39, 0.29) is 25.7 Å². The number of aliphatic hydroxyl groups excluding tert-OH is 1. The second-order valence-corrected chi connectivity index (χ2v) is 31.4. The highest BCUT2D eigenvalue weighted by atomic mass is 31.2. The van der Waals surface area contributed by atoms with Gasteiger partial charge in [0.05, 0.1) is 26.4 Å². The Morgan fingerprint density at radius 3 is 0.723 bits per heavy atom. The molecule has 0 spiro atoms. The molecule has 94 heavy (non-hydrogen) atoms. The smallest absolute Gasteiger partial charge is 0.462 e. The lowest BCUT2D eigenvalue weighted by Gasteiger charge is -2.21. The van der Waals surface area contributed by atoms with Gasteiger partial charge >= 0.3 is 39.5 Å². The van der Waals surface area contributed by atoms with E-state index in [2.05, 4.69) is 48.5 Å². The van der Waals surface area contributed by atoms with Gasteiger partial charge in [0, 0.05) is 25.7 Å². The third-order valence-electron chi connectivity index (χ3n) is 17.4. The number of carbonyl (C=O) groups is 4. The van der Waals surface area contributed by atoms with Crippen LogP contribution in [0.15, 0.2) is 0 Å². The molecule has 5 atom stereocenters.